The molecular formula is C25H46O5. The van der Waals surface area contributed by atoms with E-state index in [2.05, 4.69) is 13.5 Å². The zero-order chi connectivity index (χ0) is 22.3. The van der Waals surface area contributed by atoms with Gasteiger partial charge in [0.1, 0.15) is 6.61 Å². The molecule has 5 heteroatoms. The van der Waals surface area contributed by atoms with Crippen LogP contribution in [0.1, 0.15) is 116 Å². The second-order valence-corrected chi connectivity index (χ2v) is 8.15. The van der Waals surface area contributed by atoms with E-state index >= 15 is 0 Å². The molecule has 0 aromatic rings. The Bertz CT molecular complexity index is 422. The van der Waals surface area contributed by atoms with Gasteiger partial charge in [0.25, 0.3) is 0 Å². The number of esters is 2. The van der Waals surface area contributed by atoms with Gasteiger partial charge in [-0.05, 0) is 25.7 Å². The molecule has 0 aliphatic rings. The van der Waals surface area contributed by atoms with Crippen molar-refractivity contribution in [1.82, 2.24) is 0 Å². The predicted molar refractivity (Wildman–Crippen MR) is 122 cm³/mol. The minimum absolute atomic E-state index is 0.0694. The molecule has 0 saturated carbocycles. The van der Waals surface area contributed by atoms with Gasteiger partial charge in [0.05, 0.1) is 6.61 Å². The monoisotopic (exact) mass is 426 g/mol. The van der Waals surface area contributed by atoms with E-state index in [-0.39, 0.29) is 25.2 Å². The number of aliphatic hydroxyl groups excluding tert-OH is 1. The van der Waals surface area contributed by atoms with Crippen LogP contribution in [0, 0.1) is 0 Å². The quantitative estimate of drug-likeness (QED) is 0.125. The van der Waals surface area contributed by atoms with Crippen molar-refractivity contribution in [3.63, 3.8) is 0 Å². The first-order valence-corrected chi connectivity index (χ1v) is 12.2. The summed E-state index contributed by atoms with van der Waals surface area (Å²) in [5, 5.41) is 9.35. The van der Waals surface area contributed by atoms with E-state index in [0.29, 0.717) is 12.8 Å². The normalized spacial score (nSPS) is 11.8. The van der Waals surface area contributed by atoms with Crippen molar-refractivity contribution in [1.29, 1.82) is 0 Å². The molecule has 0 rings (SSSR count). The van der Waals surface area contributed by atoms with E-state index in [1.807, 2.05) is 6.08 Å². The van der Waals surface area contributed by atoms with Gasteiger partial charge in [0.2, 0.25) is 0 Å². The second-order valence-electron chi connectivity index (χ2n) is 8.15. The maximum atomic E-state index is 11.9. The molecule has 0 aliphatic carbocycles. The topological polar surface area (TPSA) is 72.8 Å². The van der Waals surface area contributed by atoms with Crippen LogP contribution in [0.4, 0.5) is 0 Å². The van der Waals surface area contributed by atoms with Gasteiger partial charge in [-0.1, -0.05) is 83.6 Å². The van der Waals surface area contributed by atoms with Crippen LogP contribution in [0.5, 0.6) is 0 Å². The van der Waals surface area contributed by atoms with Crippen LogP contribution < -0.4 is 0 Å². The lowest BCUT2D eigenvalue weighted by atomic mass is 10.1. The average molecular weight is 427 g/mol. The Kier molecular flexibility index (Phi) is 21.3. The Hall–Kier alpha value is -1.36. The Labute approximate surface area is 184 Å². The first-order chi connectivity index (χ1) is 14.6. The van der Waals surface area contributed by atoms with E-state index in [9.17, 15) is 14.7 Å². The minimum atomic E-state index is -0.767. The Morgan fingerprint density at radius 3 is 1.83 bits per heavy atom. The number of carbonyl (C=O) groups excluding carboxylic acids is 2. The van der Waals surface area contributed by atoms with Crippen LogP contribution in [0.2, 0.25) is 0 Å². The van der Waals surface area contributed by atoms with Crippen molar-refractivity contribution in [3.8, 4) is 0 Å². The summed E-state index contributed by atoms with van der Waals surface area (Å²) in [5.74, 6) is -0.623. The molecule has 1 atom stereocenters. The van der Waals surface area contributed by atoms with Crippen LogP contribution in [-0.4, -0.2) is 36.4 Å². The third-order valence-electron chi connectivity index (χ3n) is 5.21. The van der Waals surface area contributed by atoms with Crippen molar-refractivity contribution in [2.75, 3.05) is 13.2 Å². The first-order valence-electron chi connectivity index (χ1n) is 12.2. The van der Waals surface area contributed by atoms with Gasteiger partial charge < -0.3 is 14.6 Å². The minimum Gasteiger partial charge on any atom is -0.462 e. The molecule has 0 saturated heterocycles. The summed E-state index contributed by atoms with van der Waals surface area (Å²) in [4.78, 5) is 23.7. The molecule has 30 heavy (non-hydrogen) atoms. The molecule has 0 heterocycles. The maximum absolute atomic E-state index is 11.9. The molecule has 0 unspecified atom stereocenters. The van der Waals surface area contributed by atoms with Crippen LogP contribution in [-0.2, 0) is 19.1 Å². The molecule has 176 valence electrons. The maximum Gasteiger partial charge on any atom is 0.306 e. The molecule has 1 N–H and O–H groups in total. The number of allylic oxidation sites excluding steroid dienone is 1. The first kappa shape index (κ1) is 28.6. The SMILES string of the molecule is C=CCCCCCCCC(=O)O[C@@H](CO)COC(=O)CCCCCCCCCCC. The molecule has 0 radical (unpaired) electrons. The van der Waals surface area contributed by atoms with Crippen LogP contribution in [0.15, 0.2) is 12.7 Å². The van der Waals surface area contributed by atoms with Gasteiger partial charge in [-0.25, -0.2) is 0 Å². The summed E-state index contributed by atoms with van der Waals surface area (Å²) in [7, 11) is 0. The fraction of sp³-hybridized carbons (Fsp3) is 0.840. The summed E-state index contributed by atoms with van der Waals surface area (Å²) >= 11 is 0. The van der Waals surface area contributed by atoms with Crippen molar-refractivity contribution in [2.45, 2.75) is 122 Å². The smallest absolute Gasteiger partial charge is 0.306 e. The molecule has 0 aromatic carbocycles. The lowest BCUT2D eigenvalue weighted by molar-refractivity contribution is -0.161. The Morgan fingerprint density at radius 2 is 1.30 bits per heavy atom. The van der Waals surface area contributed by atoms with E-state index in [0.717, 1.165) is 57.8 Å². The van der Waals surface area contributed by atoms with Crippen LogP contribution in [0.25, 0.3) is 0 Å². The van der Waals surface area contributed by atoms with Gasteiger partial charge in [-0.3, -0.25) is 9.59 Å². The standard InChI is InChI=1S/C25H46O5/c1-3-5-7-9-11-12-14-15-17-19-24(27)29-22-23(21-26)30-25(28)20-18-16-13-10-8-6-4-2/h4,23,26H,2-3,5-22H2,1H3/t23-/m0/s1. The lowest BCUT2D eigenvalue weighted by Gasteiger charge is -2.15. The van der Waals surface area contributed by atoms with E-state index in [4.69, 9.17) is 9.47 Å². The average Bonchev–Trinajstić information content (AvgIpc) is 2.74. The Balaban J connectivity index is 3.64. The fourth-order valence-electron chi connectivity index (χ4n) is 3.30. The van der Waals surface area contributed by atoms with Crippen molar-refractivity contribution in [2.24, 2.45) is 0 Å². The number of rotatable bonds is 22. The van der Waals surface area contributed by atoms with E-state index in [1.165, 1.54) is 38.5 Å². The molecule has 0 amide bonds. The van der Waals surface area contributed by atoms with Gasteiger partial charge in [-0.15, -0.1) is 6.58 Å². The second kappa shape index (κ2) is 22.3. The van der Waals surface area contributed by atoms with Crippen LogP contribution >= 0.6 is 0 Å². The number of aliphatic hydroxyl groups is 1. The van der Waals surface area contributed by atoms with Crippen molar-refractivity contribution in [3.05, 3.63) is 12.7 Å². The fourth-order valence-corrected chi connectivity index (χ4v) is 3.30. The lowest BCUT2D eigenvalue weighted by Crippen LogP contribution is -2.28. The van der Waals surface area contributed by atoms with Gasteiger partial charge >= 0.3 is 11.9 Å². The molecule has 0 bridgehead atoms. The summed E-state index contributed by atoms with van der Waals surface area (Å²) in [6, 6.07) is 0. The van der Waals surface area contributed by atoms with E-state index in [1.54, 1.807) is 0 Å². The van der Waals surface area contributed by atoms with Gasteiger partial charge in [0, 0.05) is 12.8 Å². The number of hydrogen-bond acceptors (Lipinski definition) is 5. The predicted octanol–water partition coefficient (Wildman–Crippen LogP) is 6.27. The zero-order valence-corrected chi connectivity index (χ0v) is 19.4. The van der Waals surface area contributed by atoms with Crippen molar-refractivity contribution >= 4 is 11.9 Å². The largest absolute Gasteiger partial charge is 0.462 e. The zero-order valence-electron chi connectivity index (χ0n) is 19.4. The summed E-state index contributed by atoms with van der Waals surface area (Å²) < 4.78 is 10.4. The molecule has 0 aromatic heterocycles. The van der Waals surface area contributed by atoms with E-state index < -0.39 is 6.10 Å². The number of ether oxygens (including phenoxy) is 2. The summed E-state index contributed by atoms with van der Waals surface area (Å²) in [5.41, 5.74) is 0. The van der Waals surface area contributed by atoms with Gasteiger partial charge in [0.15, 0.2) is 6.10 Å². The third kappa shape index (κ3) is 19.9. The number of carbonyl (C=O) groups is 2. The summed E-state index contributed by atoms with van der Waals surface area (Å²) in [6.45, 7) is 5.52. The third-order valence-corrected chi connectivity index (χ3v) is 5.21. The summed E-state index contributed by atoms with van der Waals surface area (Å²) in [6.07, 6.45) is 18.9. The molecule has 0 fully saturated rings. The molecule has 0 spiro atoms. The van der Waals surface area contributed by atoms with Crippen LogP contribution in [0.3, 0.4) is 0 Å². The highest BCUT2D eigenvalue weighted by Gasteiger charge is 2.16. The molecular weight excluding hydrogens is 380 g/mol. The number of unbranched alkanes of at least 4 members (excludes halogenated alkanes) is 13. The number of hydrogen-bond donors (Lipinski definition) is 1. The Morgan fingerprint density at radius 1 is 0.800 bits per heavy atom. The highest BCUT2D eigenvalue weighted by atomic mass is 16.6. The van der Waals surface area contributed by atoms with Gasteiger partial charge in [-0.2, -0.15) is 0 Å². The highest BCUT2D eigenvalue weighted by Crippen LogP contribution is 2.11. The highest BCUT2D eigenvalue weighted by molar-refractivity contribution is 5.70. The molecule has 0 aliphatic heterocycles. The molecule has 5 nitrogen and oxygen atoms in total. The van der Waals surface area contributed by atoms with Crippen molar-refractivity contribution < 1.29 is 24.2 Å².